The molecule has 164 valence electrons. The minimum atomic E-state index is -4.46. The summed E-state index contributed by atoms with van der Waals surface area (Å²) in [4.78, 5) is 43.8. The van der Waals surface area contributed by atoms with Crippen LogP contribution in [0, 0.1) is 0 Å². The highest BCUT2D eigenvalue weighted by atomic mass is 32.2. The summed E-state index contributed by atoms with van der Waals surface area (Å²) in [5, 5.41) is 2.46. The number of carbonyl (C=O) groups is 3. The van der Waals surface area contributed by atoms with Crippen LogP contribution in [-0.2, 0) is 4.79 Å². The first-order chi connectivity index (χ1) is 14.4. The lowest BCUT2D eigenvalue weighted by Gasteiger charge is -2.35. The number of imide groups is 1. The monoisotopic (exact) mass is 453 g/mol. The third-order valence-corrected chi connectivity index (χ3v) is 5.35. The number of hydrogen-bond acceptors (Lipinski definition) is 5. The van der Waals surface area contributed by atoms with Crippen molar-refractivity contribution in [3.63, 3.8) is 0 Å². The zero-order valence-electron chi connectivity index (χ0n) is 16.4. The Morgan fingerprint density at radius 1 is 1.13 bits per heavy atom. The van der Waals surface area contributed by atoms with Gasteiger partial charge in [-0.1, -0.05) is 0 Å². The molecule has 31 heavy (non-hydrogen) atoms. The minimum Gasteiger partial charge on any atom is -0.352 e. The van der Waals surface area contributed by atoms with Gasteiger partial charge in [0.15, 0.2) is 0 Å². The molecule has 1 fully saturated rings. The average Bonchev–Trinajstić information content (AvgIpc) is 2.85. The van der Waals surface area contributed by atoms with Gasteiger partial charge in [-0.3, -0.25) is 14.7 Å². The molecule has 3 N–H and O–H groups in total. The maximum atomic E-state index is 13.3. The van der Waals surface area contributed by atoms with Crippen molar-refractivity contribution in [1.29, 1.82) is 0 Å². The minimum absolute atomic E-state index is 0.0866. The summed E-state index contributed by atoms with van der Waals surface area (Å²) in [7, 11) is 0. The SMILES string of the molecule is CC1(C)C(=O)N(c2ccc(SC(F)(F)F)cc2)C(=O)N1C(NC(N)=O)c1ccncc1. The number of benzene rings is 1. The Bertz CT molecular complexity index is 999. The van der Waals surface area contributed by atoms with E-state index in [1.54, 1.807) is 12.1 Å². The van der Waals surface area contributed by atoms with Gasteiger partial charge in [0.25, 0.3) is 5.91 Å². The van der Waals surface area contributed by atoms with E-state index in [1.807, 2.05) is 0 Å². The maximum absolute atomic E-state index is 13.3. The van der Waals surface area contributed by atoms with Crippen molar-refractivity contribution in [3.05, 3.63) is 54.4 Å². The third kappa shape index (κ3) is 4.58. The number of thioether (sulfide) groups is 1. The summed E-state index contributed by atoms with van der Waals surface area (Å²) < 4.78 is 37.7. The molecular formula is C19H18F3N5O3S. The molecule has 0 bridgehead atoms. The molecule has 1 aliphatic heterocycles. The number of carbonyl (C=O) groups excluding carboxylic acids is 3. The van der Waals surface area contributed by atoms with Gasteiger partial charge < -0.3 is 11.1 Å². The highest BCUT2D eigenvalue weighted by Gasteiger charge is 2.55. The maximum Gasteiger partial charge on any atom is 0.446 e. The second-order valence-corrected chi connectivity index (χ2v) is 8.22. The number of halogens is 3. The second kappa shape index (κ2) is 8.10. The molecule has 1 aromatic carbocycles. The molecule has 0 saturated carbocycles. The number of nitrogens with two attached hydrogens (primary N) is 1. The van der Waals surface area contributed by atoms with Gasteiger partial charge in [0, 0.05) is 17.3 Å². The van der Waals surface area contributed by atoms with Crippen molar-refractivity contribution < 1.29 is 27.6 Å². The summed E-state index contributed by atoms with van der Waals surface area (Å²) in [6.07, 6.45) is 1.83. The molecule has 1 unspecified atom stereocenters. The molecular weight excluding hydrogens is 435 g/mol. The van der Waals surface area contributed by atoms with Crippen LogP contribution in [-0.4, -0.2) is 38.9 Å². The molecule has 1 saturated heterocycles. The number of rotatable bonds is 5. The van der Waals surface area contributed by atoms with Gasteiger partial charge in [-0.2, -0.15) is 13.2 Å². The van der Waals surface area contributed by atoms with E-state index in [0.29, 0.717) is 5.56 Å². The standard InChI is InChI=1S/C19H18F3N5O3S/c1-18(2)15(28)26(12-3-5-13(6-4-12)31-19(20,21)22)17(30)27(18)14(25-16(23)29)11-7-9-24-10-8-11/h3-10,14H,1-2H3,(H3,23,25,29). The lowest BCUT2D eigenvalue weighted by atomic mass is 10.0. The molecule has 8 nitrogen and oxygen atoms in total. The molecule has 5 amide bonds. The van der Waals surface area contributed by atoms with Gasteiger partial charge in [-0.25, -0.2) is 14.5 Å². The van der Waals surface area contributed by atoms with Crippen LogP contribution in [0.25, 0.3) is 0 Å². The molecule has 12 heteroatoms. The van der Waals surface area contributed by atoms with Crippen molar-refractivity contribution in [3.8, 4) is 0 Å². The van der Waals surface area contributed by atoms with E-state index in [-0.39, 0.29) is 22.3 Å². The summed E-state index contributed by atoms with van der Waals surface area (Å²) in [6, 6.07) is 6.29. The Balaban J connectivity index is 1.98. The molecule has 0 aliphatic carbocycles. The number of nitrogens with one attached hydrogen (secondary N) is 1. The highest BCUT2D eigenvalue weighted by Crippen LogP contribution is 2.40. The van der Waals surface area contributed by atoms with Gasteiger partial charge >= 0.3 is 17.6 Å². The number of pyridine rings is 1. The molecule has 2 heterocycles. The van der Waals surface area contributed by atoms with E-state index in [4.69, 9.17) is 5.73 Å². The Labute approximate surface area is 179 Å². The first-order valence-electron chi connectivity index (χ1n) is 8.91. The summed E-state index contributed by atoms with van der Waals surface area (Å²) in [6.45, 7) is 3.00. The number of aromatic nitrogens is 1. The van der Waals surface area contributed by atoms with Gasteiger partial charge in [-0.05, 0) is 67.6 Å². The van der Waals surface area contributed by atoms with E-state index in [2.05, 4.69) is 10.3 Å². The van der Waals surface area contributed by atoms with Crippen LogP contribution in [0.5, 0.6) is 0 Å². The number of amides is 5. The molecule has 1 aromatic heterocycles. The van der Waals surface area contributed by atoms with Gasteiger partial charge in [-0.15, -0.1) is 0 Å². The van der Waals surface area contributed by atoms with E-state index in [9.17, 15) is 27.6 Å². The number of hydrogen-bond donors (Lipinski definition) is 2. The summed E-state index contributed by atoms with van der Waals surface area (Å²) in [5.74, 6) is -0.612. The molecule has 0 radical (unpaired) electrons. The van der Waals surface area contributed by atoms with E-state index in [0.717, 1.165) is 9.80 Å². The molecule has 1 atom stereocenters. The van der Waals surface area contributed by atoms with Crippen molar-refractivity contribution >= 4 is 35.4 Å². The molecule has 0 spiro atoms. The van der Waals surface area contributed by atoms with E-state index in [1.165, 1.54) is 50.5 Å². The summed E-state index contributed by atoms with van der Waals surface area (Å²) >= 11 is -0.303. The van der Waals surface area contributed by atoms with Crippen LogP contribution in [0.2, 0.25) is 0 Å². The van der Waals surface area contributed by atoms with Crippen LogP contribution in [0.15, 0.2) is 53.7 Å². The smallest absolute Gasteiger partial charge is 0.352 e. The Morgan fingerprint density at radius 3 is 2.23 bits per heavy atom. The van der Waals surface area contributed by atoms with Gasteiger partial charge in [0.05, 0.1) is 5.69 Å². The van der Waals surface area contributed by atoms with Crippen LogP contribution in [0.4, 0.5) is 28.4 Å². The quantitative estimate of drug-likeness (QED) is 0.531. The van der Waals surface area contributed by atoms with Crippen LogP contribution in [0.3, 0.4) is 0 Å². The average molecular weight is 453 g/mol. The number of nitrogens with zero attached hydrogens (tertiary/aromatic N) is 3. The largest absolute Gasteiger partial charge is 0.446 e. The van der Waals surface area contributed by atoms with Crippen molar-refractivity contribution in [2.75, 3.05) is 4.90 Å². The number of anilines is 1. The number of alkyl halides is 3. The molecule has 1 aliphatic rings. The number of urea groups is 2. The van der Waals surface area contributed by atoms with Gasteiger partial charge in [0.1, 0.15) is 11.7 Å². The van der Waals surface area contributed by atoms with Crippen molar-refractivity contribution in [2.24, 2.45) is 5.73 Å². The lowest BCUT2D eigenvalue weighted by Crippen LogP contribution is -2.52. The Kier molecular flexibility index (Phi) is 5.85. The number of primary amides is 1. The van der Waals surface area contributed by atoms with E-state index < -0.39 is 35.2 Å². The van der Waals surface area contributed by atoms with E-state index >= 15 is 0 Å². The third-order valence-electron chi connectivity index (χ3n) is 4.61. The summed E-state index contributed by atoms with van der Waals surface area (Å²) in [5.41, 5.74) is -0.0115. The first-order valence-corrected chi connectivity index (χ1v) is 9.73. The lowest BCUT2D eigenvalue weighted by molar-refractivity contribution is -0.124. The zero-order valence-corrected chi connectivity index (χ0v) is 17.2. The van der Waals surface area contributed by atoms with Crippen molar-refractivity contribution in [1.82, 2.24) is 15.2 Å². The first kappa shape index (κ1) is 22.4. The van der Waals surface area contributed by atoms with Crippen LogP contribution in [0.1, 0.15) is 25.6 Å². The fourth-order valence-corrected chi connectivity index (χ4v) is 3.78. The predicted molar refractivity (Wildman–Crippen MR) is 107 cm³/mol. The van der Waals surface area contributed by atoms with Crippen molar-refractivity contribution in [2.45, 2.75) is 36.0 Å². The Hall–Kier alpha value is -3.28. The van der Waals surface area contributed by atoms with Crippen LogP contribution < -0.4 is 16.0 Å². The fourth-order valence-electron chi connectivity index (χ4n) is 3.25. The molecule has 2 aromatic rings. The second-order valence-electron chi connectivity index (χ2n) is 7.09. The fraction of sp³-hybridized carbons (Fsp3) is 0.263. The normalized spacial score (nSPS) is 17.1. The topological polar surface area (TPSA) is 109 Å². The zero-order chi connectivity index (χ0) is 23.0. The highest BCUT2D eigenvalue weighted by molar-refractivity contribution is 8.00. The Morgan fingerprint density at radius 2 is 1.71 bits per heavy atom. The van der Waals surface area contributed by atoms with Crippen LogP contribution >= 0.6 is 11.8 Å². The molecule has 3 rings (SSSR count). The predicted octanol–water partition coefficient (Wildman–Crippen LogP) is 3.61. The van der Waals surface area contributed by atoms with Gasteiger partial charge in [0.2, 0.25) is 0 Å².